The zero-order chi connectivity index (χ0) is 35.0. The largest absolute Gasteiger partial charge is 0.369 e. The molecule has 5 aromatic carbocycles. The molecule has 7 rings (SSSR count). The number of nitrogens with one attached hydrogen (secondary N) is 2. The van der Waals surface area contributed by atoms with E-state index in [-0.39, 0.29) is 0 Å². The summed E-state index contributed by atoms with van der Waals surface area (Å²) in [6.07, 6.45) is 4.70. The van der Waals surface area contributed by atoms with Crippen LogP contribution in [0.1, 0.15) is 27.8 Å². The van der Waals surface area contributed by atoms with Crippen LogP contribution in [0.25, 0.3) is 32.6 Å². The minimum absolute atomic E-state index is 0.585. The third-order valence-corrected chi connectivity index (χ3v) is 8.38. The van der Waals surface area contributed by atoms with Gasteiger partial charge in [-0.1, -0.05) is 59.6 Å². The molecule has 0 aliphatic carbocycles. The SMILES string of the molecule is [B]c1cc2ccc(CCNc3ncnc4ccc(C#N)cc34)cc2cc1C.[B]c1ccc(CCNc2ncnc3ccc(C#N)cc23)cc1[B]. The maximum atomic E-state index is 9.12. The van der Waals surface area contributed by atoms with Crippen LogP contribution in [-0.2, 0) is 12.8 Å². The fourth-order valence-corrected chi connectivity index (χ4v) is 5.60. The number of benzene rings is 5. The van der Waals surface area contributed by atoms with Crippen molar-refractivity contribution in [1.29, 1.82) is 10.5 Å². The standard InChI is InChI=1S/C22H17BN4.C17H12B2N4/c1-14-8-18-9-15(2-4-17(18)11-20(14)23)6-7-25-22-19-10-16(12-24)3-5-21(19)26-13-27-22;18-14-3-1-11(8-15(14)19)5-6-21-17-13-7-12(9-20)2-4-16(13)22-10-23-17/h2-5,8-11,13H,6-7H2,1H3,(H,25,26,27);1-4,7-8,10H,5-6H2,(H,21,22,23). The average molecular weight is 642 g/mol. The third kappa shape index (κ3) is 7.91. The number of aromatic nitrogens is 4. The van der Waals surface area contributed by atoms with Crippen molar-refractivity contribution in [2.75, 3.05) is 23.7 Å². The first kappa shape index (κ1) is 33.7. The fraction of sp³-hybridized carbons (Fsp3) is 0.128. The van der Waals surface area contributed by atoms with Crippen molar-refractivity contribution in [2.45, 2.75) is 19.8 Å². The van der Waals surface area contributed by atoms with E-state index in [1.807, 2.05) is 49.4 Å². The lowest BCUT2D eigenvalue weighted by Gasteiger charge is -2.10. The molecule has 0 aliphatic rings. The number of hydrogen-bond acceptors (Lipinski definition) is 8. The molecule has 0 unspecified atom stereocenters. The molecule has 0 aliphatic heterocycles. The van der Waals surface area contributed by atoms with Gasteiger partial charge in [0.05, 0.1) is 34.3 Å². The fourth-order valence-electron chi connectivity index (χ4n) is 5.60. The molecular weight excluding hydrogens is 613 g/mol. The number of aryl methyl sites for hydroxylation is 1. The predicted molar refractivity (Wildman–Crippen MR) is 204 cm³/mol. The summed E-state index contributed by atoms with van der Waals surface area (Å²) in [5, 5.41) is 28.9. The van der Waals surface area contributed by atoms with E-state index in [9.17, 15) is 0 Å². The number of fused-ring (bicyclic) bond motifs is 3. The van der Waals surface area contributed by atoms with Crippen molar-refractivity contribution in [1.82, 2.24) is 19.9 Å². The molecule has 0 bridgehead atoms. The molecule has 6 radical (unpaired) electrons. The lowest BCUT2D eigenvalue weighted by Crippen LogP contribution is -2.25. The van der Waals surface area contributed by atoms with Gasteiger partial charge >= 0.3 is 0 Å². The Hall–Kier alpha value is -6.19. The second kappa shape index (κ2) is 15.4. The zero-order valence-electron chi connectivity index (χ0n) is 27.5. The van der Waals surface area contributed by atoms with Gasteiger partial charge in [0.15, 0.2) is 0 Å². The number of rotatable bonds is 8. The summed E-state index contributed by atoms with van der Waals surface area (Å²) in [7, 11) is 17.5. The van der Waals surface area contributed by atoms with E-state index in [0.29, 0.717) is 28.6 Å². The van der Waals surface area contributed by atoms with E-state index in [2.05, 4.69) is 67.0 Å². The van der Waals surface area contributed by atoms with Crippen LogP contribution in [0.3, 0.4) is 0 Å². The summed E-state index contributed by atoms with van der Waals surface area (Å²) >= 11 is 0. The van der Waals surface area contributed by atoms with Gasteiger partial charge in [-0.3, -0.25) is 0 Å². The van der Waals surface area contributed by atoms with Crippen LogP contribution in [0.2, 0.25) is 0 Å². The van der Waals surface area contributed by atoms with Gasteiger partial charge in [-0.15, -0.1) is 10.9 Å². The zero-order valence-corrected chi connectivity index (χ0v) is 27.5. The predicted octanol–water partition coefficient (Wildman–Crippen LogP) is 4.16. The molecule has 0 spiro atoms. The molecular formula is C39H29B3N8. The molecule has 0 atom stereocenters. The Morgan fingerprint density at radius 3 is 1.68 bits per heavy atom. The number of hydrogen-bond donors (Lipinski definition) is 2. The molecule has 234 valence electrons. The Morgan fingerprint density at radius 2 is 1.12 bits per heavy atom. The first-order chi connectivity index (χ1) is 24.3. The van der Waals surface area contributed by atoms with Gasteiger partial charge in [-0.25, -0.2) is 19.9 Å². The van der Waals surface area contributed by atoms with Crippen LogP contribution in [0.15, 0.2) is 97.6 Å². The van der Waals surface area contributed by atoms with Crippen molar-refractivity contribution in [2.24, 2.45) is 0 Å². The molecule has 50 heavy (non-hydrogen) atoms. The maximum Gasteiger partial charge on any atom is 0.137 e. The molecule has 2 aromatic heterocycles. The lowest BCUT2D eigenvalue weighted by atomic mass is 9.79. The van der Waals surface area contributed by atoms with Crippen molar-refractivity contribution in [3.63, 3.8) is 0 Å². The highest BCUT2D eigenvalue weighted by Gasteiger charge is 2.07. The van der Waals surface area contributed by atoms with Gasteiger partial charge in [0.2, 0.25) is 0 Å². The summed E-state index contributed by atoms with van der Waals surface area (Å²) < 4.78 is 0. The quantitative estimate of drug-likeness (QED) is 0.237. The Balaban J connectivity index is 0.000000175. The Kier molecular flexibility index (Phi) is 10.4. The van der Waals surface area contributed by atoms with Gasteiger partial charge in [-0.05, 0) is 78.1 Å². The van der Waals surface area contributed by atoms with Gasteiger partial charge in [0, 0.05) is 23.9 Å². The highest BCUT2D eigenvalue weighted by molar-refractivity contribution is 6.48. The van der Waals surface area contributed by atoms with Crippen LogP contribution in [-0.4, -0.2) is 56.6 Å². The molecule has 8 nitrogen and oxygen atoms in total. The minimum atomic E-state index is 0.585. The normalized spacial score (nSPS) is 10.6. The Labute approximate surface area is 294 Å². The van der Waals surface area contributed by atoms with Gasteiger partial charge in [0.1, 0.15) is 47.8 Å². The smallest absolute Gasteiger partial charge is 0.137 e. The first-order valence-electron chi connectivity index (χ1n) is 16.0. The van der Waals surface area contributed by atoms with E-state index < -0.39 is 0 Å². The van der Waals surface area contributed by atoms with Crippen LogP contribution >= 0.6 is 0 Å². The van der Waals surface area contributed by atoms with Crippen molar-refractivity contribution in [3.8, 4) is 12.1 Å². The van der Waals surface area contributed by atoms with E-state index in [4.69, 9.17) is 34.1 Å². The molecule has 0 amide bonds. The van der Waals surface area contributed by atoms with Crippen molar-refractivity contribution in [3.05, 3.63) is 125 Å². The number of nitriles is 2. The van der Waals surface area contributed by atoms with Crippen LogP contribution < -0.4 is 27.0 Å². The van der Waals surface area contributed by atoms with Crippen LogP contribution in [0.4, 0.5) is 11.6 Å². The Morgan fingerprint density at radius 1 is 0.560 bits per heavy atom. The van der Waals surface area contributed by atoms with Crippen molar-refractivity contribution < 1.29 is 0 Å². The summed E-state index contributed by atoms with van der Waals surface area (Å²) in [5.41, 5.74) is 8.26. The first-order valence-corrected chi connectivity index (χ1v) is 16.0. The topological polar surface area (TPSA) is 123 Å². The third-order valence-electron chi connectivity index (χ3n) is 8.38. The van der Waals surface area contributed by atoms with Crippen molar-refractivity contribution >= 4 is 84.1 Å². The van der Waals surface area contributed by atoms with E-state index in [1.54, 1.807) is 24.5 Å². The summed E-state index contributed by atoms with van der Waals surface area (Å²) in [6, 6.07) is 31.3. The Bertz CT molecular complexity index is 2440. The van der Waals surface area contributed by atoms with Crippen LogP contribution in [0.5, 0.6) is 0 Å². The average Bonchev–Trinajstić information content (AvgIpc) is 3.13. The van der Waals surface area contributed by atoms with Gasteiger partial charge in [0.25, 0.3) is 0 Å². The van der Waals surface area contributed by atoms with E-state index in [1.165, 1.54) is 17.3 Å². The maximum absolute atomic E-state index is 9.12. The molecule has 2 heterocycles. The summed E-state index contributed by atoms with van der Waals surface area (Å²) in [5.74, 6) is 1.47. The van der Waals surface area contributed by atoms with E-state index in [0.717, 1.165) is 74.8 Å². The molecule has 0 fully saturated rings. The molecule has 11 heteroatoms. The summed E-state index contributed by atoms with van der Waals surface area (Å²) in [4.78, 5) is 17.1. The van der Waals surface area contributed by atoms with E-state index >= 15 is 0 Å². The second-order valence-electron chi connectivity index (χ2n) is 11.8. The minimum Gasteiger partial charge on any atom is -0.369 e. The molecule has 7 aromatic rings. The second-order valence-corrected chi connectivity index (χ2v) is 11.8. The lowest BCUT2D eigenvalue weighted by molar-refractivity contribution is 1.01. The monoisotopic (exact) mass is 642 g/mol. The van der Waals surface area contributed by atoms with Gasteiger partial charge in [-0.2, -0.15) is 10.5 Å². The van der Waals surface area contributed by atoms with Crippen LogP contribution in [0, 0.1) is 29.6 Å². The number of nitrogens with zero attached hydrogens (tertiary/aromatic N) is 6. The highest BCUT2D eigenvalue weighted by Crippen LogP contribution is 2.22. The van der Waals surface area contributed by atoms with Gasteiger partial charge < -0.3 is 10.6 Å². The molecule has 0 saturated heterocycles. The molecule has 2 N–H and O–H groups in total. The summed E-state index contributed by atoms with van der Waals surface area (Å²) in [6.45, 7) is 3.45. The number of anilines is 2. The molecule has 0 saturated carbocycles. The highest BCUT2D eigenvalue weighted by atomic mass is 15.0.